The van der Waals surface area contributed by atoms with Gasteiger partial charge in [0.05, 0.1) is 16.3 Å². The lowest BCUT2D eigenvalue weighted by Crippen LogP contribution is -2.43. The average molecular weight is 362 g/mol. The van der Waals surface area contributed by atoms with Gasteiger partial charge in [-0.15, -0.1) is 0 Å². The molecule has 2 aromatic rings. The number of halogens is 2. The summed E-state index contributed by atoms with van der Waals surface area (Å²) in [6.45, 7) is 6.97. The van der Waals surface area contributed by atoms with Gasteiger partial charge in [-0.1, -0.05) is 65.2 Å². The van der Waals surface area contributed by atoms with Crippen molar-refractivity contribution in [1.29, 1.82) is 0 Å². The first kappa shape index (κ1) is 17.3. The molecule has 1 heterocycles. The van der Waals surface area contributed by atoms with Crippen molar-refractivity contribution in [3.8, 4) is 0 Å². The summed E-state index contributed by atoms with van der Waals surface area (Å²) >= 11 is 12.2. The second-order valence-electron chi connectivity index (χ2n) is 6.10. The molecule has 3 rings (SSSR count). The van der Waals surface area contributed by atoms with Gasteiger partial charge in [-0.3, -0.25) is 9.91 Å². The molecule has 0 spiro atoms. The van der Waals surface area contributed by atoms with Crippen LogP contribution >= 0.6 is 23.2 Å². The summed E-state index contributed by atoms with van der Waals surface area (Å²) in [5.41, 5.74) is 3.52. The van der Waals surface area contributed by atoms with Crippen LogP contribution in [-0.2, 0) is 6.54 Å². The zero-order chi connectivity index (χ0) is 16.9. The molecule has 24 heavy (non-hydrogen) atoms. The zero-order valence-electron chi connectivity index (χ0n) is 13.8. The molecule has 0 aromatic heterocycles. The third kappa shape index (κ3) is 4.50. The van der Waals surface area contributed by atoms with Gasteiger partial charge in [-0.25, -0.2) is 0 Å². The van der Waals surface area contributed by atoms with Gasteiger partial charge < -0.3 is 0 Å². The molecular weight excluding hydrogens is 341 g/mol. The van der Waals surface area contributed by atoms with E-state index in [1.165, 1.54) is 11.1 Å². The van der Waals surface area contributed by atoms with Crippen molar-refractivity contribution in [3.63, 3.8) is 0 Å². The van der Waals surface area contributed by atoms with Crippen LogP contribution in [0.1, 0.15) is 16.7 Å². The number of rotatable bonds is 4. The standard InChI is InChI=1S/C19H21Cl2N3/c1-15-5-7-16(8-6-15)14-23-9-11-24(12-10-23)22-13-17-3-2-4-18(20)19(17)21/h2-8,13H,9-12,14H2,1H3/b22-13-. The van der Waals surface area contributed by atoms with E-state index < -0.39 is 0 Å². The predicted molar refractivity (Wildman–Crippen MR) is 102 cm³/mol. The van der Waals surface area contributed by atoms with E-state index in [2.05, 4.69) is 46.2 Å². The summed E-state index contributed by atoms with van der Waals surface area (Å²) in [4.78, 5) is 2.46. The Bertz CT molecular complexity index is 705. The number of aryl methyl sites for hydroxylation is 1. The van der Waals surface area contributed by atoms with E-state index >= 15 is 0 Å². The smallest absolute Gasteiger partial charge is 0.0680 e. The van der Waals surface area contributed by atoms with Crippen LogP contribution in [0.25, 0.3) is 0 Å². The minimum Gasteiger partial charge on any atom is -0.295 e. The number of piperazine rings is 1. The molecule has 5 heteroatoms. The van der Waals surface area contributed by atoms with Crippen molar-refractivity contribution in [2.75, 3.05) is 26.2 Å². The van der Waals surface area contributed by atoms with Crippen molar-refractivity contribution in [1.82, 2.24) is 9.91 Å². The molecule has 0 N–H and O–H groups in total. The molecule has 1 aliphatic heterocycles. The SMILES string of the molecule is Cc1ccc(CN2CCN(/N=C\c3cccc(Cl)c3Cl)CC2)cc1. The molecule has 0 bridgehead atoms. The lowest BCUT2D eigenvalue weighted by Gasteiger charge is -2.33. The normalized spacial score (nSPS) is 16.0. The highest BCUT2D eigenvalue weighted by Gasteiger charge is 2.15. The number of nitrogens with zero attached hydrogens (tertiary/aromatic N) is 3. The molecule has 126 valence electrons. The molecule has 0 atom stereocenters. The third-order valence-corrected chi connectivity index (χ3v) is 5.05. The molecule has 0 amide bonds. The molecule has 1 aliphatic rings. The van der Waals surface area contributed by atoms with E-state index in [1.807, 2.05) is 12.1 Å². The van der Waals surface area contributed by atoms with Gasteiger partial charge in [0.15, 0.2) is 0 Å². The van der Waals surface area contributed by atoms with Crippen LogP contribution in [0.15, 0.2) is 47.6 Å². The highest BCUT2D eigenvalue weighted by Crippen LogP contribution is 2.24. The maximum absolute atomic E-state index is 6.19. The Hall–Kier alpha value is -1.55. The fraction of sp³-hybridized carbons (Fsp3) is 0.316. The Balaban J connectivity index is 1.52. The van der Waals surface area contributed by atoms with Gasteiger partial charge in [0.25, 0.3) is 0 Å². The maximum Gasteiger partial charge on any atom is 0.0680 e. The monoisotopic (exact) mass is 361 g/mol. The van der Waals surface area contributed by atoms with Crippen LogP contribution in [0.2, 0.25) is 10.0 Å². The number of benzene rings is 2. The Kier molecular flexibility index (Phi) is 5.77. The van der Waals surface area contributed by atoms with Crippen LogP contribution < -0.4 is 0 Å². The summed E-state index contributed by atoms with van der Waals surface area (Å²) in [5, 5.41) is 7.75. The summed E-state index contributed by atoms with van der Waals surface area (Å²) in [5.74, 6) is 0. The fourth-order valence-electron chi connectivity index (χ4n) is 2.73. The fourth-order valence-corrected chi connectivity index (χ4v) is 3.08. The Morgan fingerprint density at radius 3 is 2.42 bits per heavy atom. The average Bonchev–Trinajstić information content (AvgIpc) is 2.59. The van der Waals surface area contributed by atoms with Gasteiger partial charge in [0.1, 0.15) is 0 Å². The predicted octanol–water partition coefficient (Wildman–Crippen LogP) is 4.45. The lowest BCUT2D eigenvalue weighted by atomic mass is 10.1. The first-order chi connectivity index (χ1) is 11.6. The van der Waals surface area contributed by atoms with Gasteiger partial charge in [-0.05, 0) is 18.6 Å². The molecule has 0 saturated carbocycles. The van der Waals surface area contributed by atoms with E-state index in [0.717, 1.165) is 38.3 Å². The Morgan fingerprint density at radius 2 is 1.71 bits per heavy atom. The van der Waals surface area contributed by atoms with E-state index in [0.29, 0.717) is 10.0 Å². The topological polar surface area (TPSA) is 18.8 Å². The van der Waals surface area contributed by atoms with Crippen LogP contribution in [0.5, 0.6) is 0 Å². The quantitative estimate of drug-likeness (QED) is 0.749. The van der Waals surface area contributed by atoms with Crippen molar-refractivity contribution in [2.45, 2.75) is 13.5 Å². The lowest BCUT2D eigenvalue weighted by molar-refractivity contribution is 0.131. The molecule has 1 fully saturated rings. The Labute approximate surface area is 153 Å². The molecule has 0 aliphatic carbocycles. The van der Waals surface area contributed by atoms with E-state index in [9.17, 15) is 0 Å². The number of hydrogen-bond donors (Lipinski definition) is 0. The highest BCUT2D eigenvalue weighted by atomic mass is 35.5. The number of hydrazone groups is 1. The molecule has 2 aromatic carbocycles. The minimum absolute atomic E-state index is 0.556. The van der Waals surface area contributed by atoms with Crippen molar-refractivity contribution in [3.05, 3.63) is 69.2 Å². The van der Waals surface area contributed by atoms with Crippen LogP contribution in [0, 0.1) is 6.92 Å². The largest absolute Gasteiger partial charge is 0.295 e. The van der Waals surface area contributed by atoms with Gasteiger partial charge in [-0.2, -0.15) is 5.10 Å². The first-order valence-electron chi connectivity index (χ1n) is 8.12. The maximum atomic E-state index is 6.19. The van der Waals surface area contributed by atoms with Gasteiger partial charge >= 0.3 is 0 Å². The molecule has 0 radical (unpaired) electrons. The third-order valence-electron chi connectivity index (χ3n) is 4.22. The zero-order valence-corrected chi connectivity index (χ0v) is 15.3. The summed E-state index contributed by atoms with van der Waals surface area (Å²) < 4.78 is 0. The van der Waals surface area contributed by atoms with Gasteiger partial charge in [0.2, 0.25) is 0 Å². The minimum atomic E-state index is 0.556. The van der Waals surface area contributed by atoms with E-state index in [-0.39, 0.29) is 0 Å². The van der Waals surface area contributed by atoms with Crippen LogP contribution in [-0.4, -0.2) is 42.3 Å². The molecular formula is C19H21Cl2N3. The molecule has 1 saturated heterocycles. The van der Waals surface area contributed by atoms with Crippen LogP contribution in [0.4, 0.5) is 0 Å². The van der Waals surface area contributed by atoms with Crippen LogP contribution in [0.3, 0.4) is 0 Å². The Morgan fingerprint density at radius 1 is 1.00 bits per heavy atom. The van der Waals surface area contributed by atoms with E-state index in [4.69, 9.17) is 23.2 Å². The van der Waals surface area contributed by atoms with Crippen molar-refractivity contribution >= 4 is 29.4 Å². The summed E-state index contributed by atoms with van der Waals surface area (Å²) in [6, 6.07) is 14.3. The number of hydrogen-bond acceptors (Lipinski definition) is 3. The highest BCUT2D eigenvalue weighted by molar-refractivity contribution is 6.43. The molecule has 0 unspecified atom stereocenters. The second kappa shape index (κ2) is 8.02. The van der Waals surface area contributed by atoms with E-state index in [1.54, 1.807) is 12.3 Å². The first-order valence-corrected chi connectivity index (χ1v) is 8.88. The second-order valence-corrected chi connectivity index (χ2v) is 6.89. The van der Waals surface area contributed by atoms with Gasteiger partial charge in [0, 0.05) is 38.3 Å². The summed E-state index contributed by atoms with van der Waals surface area (Å²) in [6.07, 6.45) is 1.80. The van der Waals surface area contributed by atoms with Crippen molar-refractivity contribution in [2.24, 2.45) is 5.10 Å². The summed E-state index contributed by atoms with van der Waals surface area (Å²) in [7, 11) is 0. The van der Waals surface area contributed by atoms with Crippen molar-refractivity contribution < 1.29 is 0 Å². The molecule has 3 nitrogen and oxygen atoms in total.